The van der Waals surface area contributed by atoms with Crippen LogP contribution in [-0.2, 0) is 7.05 Å². The van der Waals surface area contributed by atoms with Crippen LogP contribution < -0.4 is 9.47 Å². The normalized spacial score (nSPS) is 11.4. The van der Waals surface area contributed by atoms with E-state index in [-0.39, 0.29) is 0 Å². The fourth-order valence-corrected chi connectivity index (χ4v) is 3.22. The minimum Gasteiger partial charge on any atom is -0.457 e. The van der Waals surface area contributed by atoms with Crippen molar-refractivity contribution in [3.63, 3.8) is 0 Å². The zero-order chi connectivity index (χ0) is 18.8. The summed E-state index contributed by atoms with van der Waals surface area (Å²) in [6, 6.07) is 25.0. The van der Waals surface area contributed by atoms with Crippen LogP contribution in [0, 0.1) is 0 Å². The monoisotopic (exact) mass is 355 g/mol. The van der Waals surface area contributed by atoms with E-state index in [0.29, 0.717) is 0 Å². The Balaban J connectivity index is 1.62. The molecule has 0 radical (unpaired) electrons. The van der Waals surface area contributed by atoms with E-state index in [9.17, 15) is 0 Å². The Morgan fingerprint density at radius 3 is 2.44 bits per heavy atom. The second-order valence-corrected chi connectivity index (χ2v) is 6.86. The van der Waals surface area contributed by atoms with Gasteiger partial charge in [-0.25, -0.2) is 0 Å². The largest absolute Gasteiger partial charge is 0.457 e. The summed E-state index contributed by atoms with van der Waals surface area (Å²) >= 11 is 0. The number of rotatable bonds is 4. The lowest BCUT2D eigenvalue weighted by atomic mass is 10.1. The lowest BCUT2D eigenvalue weighted by Crippen LogP contribution is -2.32. The van der Waals surface area contributed by atoms with Crippen LogP contribution in [0.1, 0.15) is 11.5 Å². The molecule has 0 aliphatic rings. The van der Waals surface area contributed by atoms with Crippen LogP contribution in [0.3, 0.4) is 0 Å². The van der Waals surface area contributed by atoms with Gasteiger partial charge in [-0.05, 0) is 36.4 Å². The van der Waals surface area contributed by atoms with Gasteiger partial charge in [0.1, 0.15) is 18.6 Å². The highest BCUT2D eigenvalue weighted by molar-refractivity contribution is 5.81. The van der Waals surface area contributed by atoms with Gasteiger partial charge in [-0.2, -0.15) is 4.57 Å². The third-order valence-electron chi connectivity index (χ3n) is 4.81. The van der Waals surface area contributed by atoms with Crippen LogP contribution in [0.5, 0.6) is 0 Å². The van der Waals surface area contributed by atoms with Gasteiger partial charge in [-0.1, -0.05) is 30.3 Å². The molecule has 0 unspecified atom stereocenters. The number of pyridine rings is 1. The first-order chi connectivity index (χ1) is 13.1. The van der Waals surface area contributed by atoms with Crippen molar-refractivity contribution < 1.29 is 8.98 Å². The van der Waals surface area contributed by atoms with Crippen molar-refractivity contribution in [3.05, 3.63) is 84.3 Å². The van der Waals surface area contributed by atoms with Gasteiger partial charge in [0.25, 0.3) is 0 Å². The summed E-state index contributed by atoms with van der Waals surface area (Å²) in [6.45, 7) is 0. The maximum Gasteiger partial charge on any atom is 0.212 e. The molecule has 0 aliphatic heterocycles. The molecule has 0 spiro atoms. The van der Waals surface area contributed by atoms with E-state index in [1.165, 1.54) is 16.6 Å². The lowest BCUT2D eigenvalue weighted by molar-refractivity contribution is -0.646. The highest BCUT2D eigenvalue weighted by Gasteiger charge is 2.11. The molecule has 0 bridgehead atoms. The SMILES string of the molecule is CN(C)c1ccc2c(ccc(C=Cc3ccc(-c4ccccc4)o3)[n+]2C)c1. The number of benzene rings is 2. The Hall–Kier alpha value is -3.33. The van der Waals surface area contributed by atoms with Gasteiger partial charge in [0.2, 0.25) is 11.2 Å². The minimum absolute atomic E-state index is 0.844. The first-order valence-electron chi connectivity index (χ1n) is 9.05. The van der Waals surface area contributed by atoms with Crippen molar-refractivity contribution in [2.75, 3.05) is 19.0 Å². The molecule has 2 aromatic heterocycles. The van der Waals surface area contributed by atoms with E-state index >= 15 is 0 Å². The minimum atomic E-state index is 0.844. The van der Waals surface area contributed by atoms with Crippen LogP contribution in [0.2, 0.25) is 0 Å². The number of anilines is 1. The number of aromatic nitrogens is 1. The molecule has 3 nitrogen and oxygen atoms in total. The molecule has 0 fully saturated rings. The van der Waals surface area contributed by atoms with Gasteiger partial charge < -0.3 is 9.32 Å². The summed E-state index contributed by atoms with van der Waals surface area (Å²) in [7, 11) is 6.21. The molecular formula is C24H23N2O+. The van der Waals surface area contributed by atoms with Crippen LogP contribution in [-0.4, -0.2) is 14.1 Å². The molecule has 0 N–H and O–H groups in total. The number of furan rings is 1. The highest BCUT2D eigenvalue weighted by Crippen LogP contribution is 2.23. The third-order valence-corrected chi connectivity index (χ3v) is 4.81. The molecule has 134 valence electrons. The number of hydrogen-bond acceptors (Lipinski definition) is 2. The maximum absolute atomic E-state index is 5.96. The fourth-order valence-electron chi connectivity index (χ4n) is 3.22. The van der Waals surface area contributed by atoms with Gasteiger partial charge in [0, 0.05) is 48.9 Å². The van der Waals surface area contributed by atoms with Crippen LogP contribution in [0.4, 0.5) is 5.69 Å². The zero-order valence-corrected chi connectivity index (χ0v) is 15.9. The van der Waals surface area contributed by atoms with Crippen molar-refractivity contribution in [2.24, 2.45) is 7.05 Å². The average molecular weight is 355 g/mol. The van der Waals surface area contributed by atoms with E-state index in [4.69, 9.17) is 4.42 Å². The van der Waals surface area contributed by atoms with Crippen LogP contribution >= 0.6 is 0 Å². The predicted octanol–water partition coefficient (Wildman–Crippen LogP) is 5.16. The molecule has 2 aromatic carbocycles. The molecule has 2 heterocycles. The first kappa shape index (κ1) is 17.1. The lowest BCUT2D eigenvalue weighted by Gasteiger charge is -2.12. The Kier molecular flexibility index (Phi) is 4.51. The molecule has 27 heavy (non-hydrogen) atoms. The molecular weight excluding hydrogens is 332 g/mol. The average Bonchev–Trinajstić information content (AvgIpc) is 3.17. The smallest absolute Gasteiger partial charge is 0.212 e. The molecule has 0 atom stereocenters. The van der Waals surface area contributed by atoms with E-state index in [0.717, 1.165) is 22.8 Å². The van der Waals surface area contributed by atoms with Crippen molar-refractivity contribution in [1.29, 1.82) is 0 Å². The number of fused-ring (bicyclic) bond motifs is 1. The van der Waals surface area contributed by atoms with E-state index in [1.807, 2.05) is 36.4 Å². The second kappa shape index (κ2) is 7.12. The van der Waals surface area contributed by atoms with Crippen LogP contribution in [0.15, 0.2) is 77.2 Å². The molecule has 0 aliphatic carbocycles. The second-order valence-electron chi connectivity index (χ2n) is 6.86. The summed E-state index contributed by atoms with van der Waals surface area (Å²) in [5, 5.41) is 1.23. The summed E-state index contributed by atoms with van der Waals surface area (Å²) in [6.07, 6.45) is 4.11. The van der Waals surface area contributed by atoms with E-state index in [2.05, 4.69) is 79.2 Å². The van der Waals surface area contributed by atoms with E-state index in [1.54, 1.807) is 0 Å². The highest BCUT2D eigenvalue weighted by atomic mass is 16.3. The Labute approximate surface area is 159 Å². The maximum atomic E-state index is 5.96. The topological polar surface area (TPSA) is 20.3 Å². The van der Waals surface area contributed by atoms with Crippen molar-refractivity contribution in [2.45, 2.75) is 0 Å². The predicted molar refractivity (Wildman–Crippen MR) is 113 cm³/mol. The van der Waals surface area contributed by atoms with Gasteiger partial charge in [0.15, 0.2) is 0 Å². The zero-order valence-electron chi connectivity index (χ0n) is 15.9. The van der Waals surface area contributed by atoms with Crippen molar-refractivity contribution in [3.8, 4) is 11.3 Å². The molecule has 3 heteroatoms. The molecule has 0 saturated heterocycles. The van der Waals surface area contributed by atoms with Crippen molar-refractivity contribution in [1.82, 2.24) is 0 Å². The molecule has 4 aromatic rings. The molecule has 0 saturated carbocycles. The Morgan fingerprint density at radius 2 is 1.67 bits per heavy atom. The Morgan fingerprint density at radius 1 is 0.852 bits per heavy atom. The fraction of sp³-hybridized carbons (Fsp3) is 0.125. The standard InChI is InChI=1S/C24H23N2O/c1-25(2)21-12-15-23-19(17-21)9-10-20(26(23)3)11-13-22-14-16-24(27-22)18-7-5-4-6-8-18/h4-17H,1-3H3/q+1. The quantitative estimate of drug-likeness (QED) is 0.471. The van der Waals surface area contributed by atoms with Gasteiger partial charge in [-0.3, -0.25) is 0 Å². The van der Waals surface area contributed by atoms with Gasteiger partial charge >= 0.3 is 0 Å². The third kappa shape index (κ3) is 3.49. The first-order valence-corrected chi connectivity index (χ1v) is 9.05. The molecule has 0 amide bonds. The number of aryl methyl sites for hydroxylation is 1. The van der Waals surface area contributed by atoms with Gasteiger partial charge in [0.05, 0.1) is 0 Å². The van der Waals surface area contributed by atoms with Crippen molar-refractivity contribution >= 4 is 28.7 Å². The molecule has 4 rings (SSSR count). The Bertz CT molecular complexity index is 1110. The van der Waals surface area contributed by atoms with E-state index < -0.39 is 0 Å². The number of hydrogen-bond donors (Lipinski definition) is 0. The van der Waals surface area contributed by atoms with Gasteiger partial charge in [-0.15, -0.1) is 0 Å². The number of nitrogens with zero attached hydrogens (tertiary/aromatic N) is 2. The summed E-state index contributed by atoms with van der Waals surface area (Å²) in [5.74, 6) is 1.73. The van der Waals surface area contributed by atoms with Crippen LogP contribution in [0.25, 0.3) is 34.4 Å². The summed E-state index contributed by atoms with van der Waals surface area (Å²) in [4.78, 5) is 2.12. The summed E-state index contributed by atoms with van der Waals surface area (Å²) in [5.41, 5.74) is 4.62. The summed E-state index contributed by atoms with van der Waals surface area (Å²) < 4.78 is 8.16.